The maximum Gasteiger partial charge on any atom is 0.253 e. The summed E-state index contributed by atoms with van der Waals surface area (Å²) in [5.41, 5.74) is 1.78. The van der Waals surface area contributed by atoms with Gasteiger partial charge < -0.3 is 29.6 Å². The lowest BCUT2D eigenvalue weighted by molar-refractivity contribution is 0.174. The first-order chi connectivity index (χ1) is 15.4. The summed E-state index contributed by atoms with van der Waals surface area (Å²) in [5.74, 6) is 0.968. The van der Waals surface area contributed by atoms with Gasteiger partial charge in [-0.2, -0.15) is 0 Å². The average Bonchev–Trinajstić information content (AvgIpc) is 3.20. The number of hydrogen-bond acceptors (Lipinski definition) is 5. The van der Waals surface area contributed by atoms with E-state index in [1.807, 2.05) is 31.1 Å². The van der Waals surface area contributed by atoms with Crippen LogP contribution in [0.1, 0.15) is 12.0 Å². The van der Waals surface area contributed by atoms with Crippen molar-refractivity contribution in [3.63, 3.8) is 0 Å². The number of rotatable bonds is 7. The molecule has 0 fully saturated rings. The van der Waals surface area contributed by atoms with Crippen molar-refractivity contribution < 1.29 is 13.9 Å². The highest BCUT2D eigenvalue weighted by molar-refractivity contribution is 7.80. The van der Waals surface area contributed by atoms with Gasteiger partial charge in [0.05, 0.1) is 12.1 Å². The Hall–Kier alpha value is -3.17. The van der Waals surface area contributed by atoms with Gasteiger partial charge in [-0.25, -0.2) is 4.39 Å². The van der Waals surface area contributed by atoms with Crippen LogP contribution in [0.2, 0.25) is 0 Å². The van der Waals surface area contributed by atoms with Crippen molar-refractivity contribution in [1.82, 2.24) is 14.8 Å². The number of fused-ring (bicyclic) bond motifs is 2. The number of aromatic nitrogens is 1. The summed E-state index contributed by atoms with van der Waals surface area (Å²) in [6.45, 7) is 2.04. The molecule has 0 spiro atoms. The van der Waals surface area contributed by atoms with E-state index in [0.29, 0.717) is 46.5 Å². The largest absolute Gasteiger partial charge is 0.454 e. The van der Waals surface area contributed by atoms with Gasteiger partial charge in [0.25, 0.3) is 5.56 Å². The normalized spacial score (nSPS) is 12.4. The summed E-state index contributed by atoms with van der Waals surface area (Å²) in [6.07, 6.45) is 0.864. The summed E-state index contributed by atoms with van der Waals surface area (Å²) < 4.78 is 24.1. The molecule has 9 heteroatoms. The van der Waals surface area contributed by atoms with Crippen molar-refractivity contribution in [2.45, 2.75) is 13.0 Å². The molecule has 0 saturated carbocycles. The van der Waals surface area contributed by atoms with Crippen LogP contribution in [0.4, 0.5) is 10.1 Å². The number of H-pyrrole nitrogens is 1. The Morgan fingerprint density at radius 1 is 1.12 bits per heavy atom. The number of hydrogen-bond donors (Lipinski definition) is 2. The van der Waals surface area contributed by atoms with Crippen molar-refractivity contribution in [2.75, 3.05) is 39.3 Å². The minimum Gasteiger partial charge on any atom is -0.454 e. The monoisotopic (exact) mass is 456 g/mol. The van der Waals surface area contributed by atoms with Crippen molar-refractivity contribution >= 4 is 33.9 Å². The standard InChI is InChI=1S/C23H25FN4O3S/c1-27(2)8-3-9-28(23(32)25-18-6-4-17(24)5-7-18)13-16-10-15-11-20-21(31-14-30-20)12-19(15)26-22(16)29/h4-7,10-12H,3,8-9,13-14H2,1-2H3,(H,25,32)(H,26,29). The maximum absolute atomic E-state index is 13.2. The first-order valence-corrected chi connectivity index (χ1v) is 10.7. The molecule has 1 aliphatic heterocycles. The molecule has 2 N–H and O–H groups in total. The van der Waals surface area contributed by atoms with Crippen LogP contribution in [0.5, 0.6) is 11.5 Å². The van der Waals surface area contributed by atoms with Gasteiger partial charge in [-0.3, -0.25) is 4.79 Å². The number of ether oxygens (including phenoxy) is 2. The van der Waals surface area contributed by atoms with Gasteiger partial charge in [0.15, 0.2) is 16.6 Å². The quantitative estimate of drug-likeness (QED) is 0.527. The second-order valence-corrected chi connectivity index (χ2v) is 8.32. The molecule has 0 unspecified atom stereocenters. The highest BCUT2D eigenvalue weighted by Crippen LogP contribution is 2.35. The number of nitrogens with zero attached hydrogens (tertiary/aromatic N) is 2. The summed E-state index contributed by atoms with van der Waals surface area (Å²) in [7, 11) is 4.02. The van der Waals surface area contributed by atoms with E-state index < -0.39 is 0 Å². The molecule has 4 rings (SSSR count). The number of thiocarbonyl (C=S) groups is 1. The molecule has 3 aromatic rings. The molecule has 0 radical (unpaired) electrons. The predicted molar refractivity (Wildman–Crippen MR) is 127 cm³/mol. The van der Waals surface area contributed by atoms with Crippen LogP contribution in [-0.4, -0.2) is 53.9 Å². The van der Waals surface area contributed by atoms with E-state index in [1.165, 1.54) is 12.1 Å². The SMILES string of the molecule is CN(C)CCCN(Cc1cc2cc3c(cc2[nH]c1=O)OCO3)C(=S)Nc1ccc(F)cc1. The number of aromatic amines is 1. The topological polar surface area (TPSA) is 69.8 Å². The van der Waals surface area contributed by atoms with E-state index in [9.17, 15) is 9.18 Å². The van der Waals surface area contributed by atoms with E-state index in [0.717, 1.165) is 18.4 Å². The molecule has 1 aliphatic rings. The third-order valence-electron chi connectivity index (χ3n) is 5.19. The maximum atomic E-state index is 13.2. The molecule has 0 saturated heterocycles. The molecule has 2 aromatic carbocycles. The van der Waals surface area contributed by atoms with Gasteiger partial charge in [0.1, 0.15) is 5.82 Å². The summed E-state index contributed by atoms with van der Waals surface area (Å²) in [4.78, 5) is 19.8. The second kappa shape index (κ2) is 9.54. The van der Waals surface area contributed by atoms with Crippen LogP contribution in [0, 0.1) is 5.82 Å². The first kappa shape index (κ1) is 22.0. The fourth-order valence-electron chi connectivity index (χ4n) is 3.53. The Bertz CT molecular complexity index is 1180. The van der Waals surface area contributed by atoms with Crippen LogP contribution in [0.3, 0.4) is 0 Å². The minimum absolute atomic E-state index is 0.172. The number of halogens is 1. The third-order valence-corrected chi connectivity index (χ3v) is 5.55. The number of benzene rings is 2. The van der Waals surface area contributed by atoms with Crippen molar-refractivity contribution in [3.05, 3.63) is 64.2 Å². The van der Waals surface area contributed by atoms with Crippen molar-refractivity contribution in [1.29, 1.82) is 0 Å². The Balaban J connectivity index is 1.57. The average molecular weight is 457 g/mol. The fraction of sp³-hybridized carbons (Fsp3) is 0.304. The molecular weight excluding hydrogens is 431 g/mol. The number of pyridine rings is 1. The van der Waals surface area contributed by atoms with Crippen LogP contribution >= 0.6 is 12.2 Å². The predicted octanol–water partition coefficient (Wildman–Crippen LogP) is 3.55. The Morgan fingerprint density at radius 3 is 2.56 bits per heavy atom. The highest BCUT2D eigenvalue weighted by atomic mass is 32.1. The van der Waals surface area contributed by atoms with Gasteiger partial charge in [-0.1, -0.05) is 0 Å². The van der Waals surface area contributed by atoms with Crippen LogP contribution in [0.25, 0.3) is 10.9 Å². The zero-order valence-electron chi connectivity index (χ0n) is 18.0. The lowest BCUT2D eigenvalue weighted by Crippen LogP contribution is -2.37. The van der Waals surface area contributed by atoms with Crippen molar-refractivity contribution in [3.8, 4) is 11.5 Å². The molecule has 32 heavy (non-hydrogen) atoms. The molecule has 0 aliphatic carbocycles. The molecule has 0 amide bonds. The highest BCUT2D eigenvalue weighted by Gasteiger charge is 2.17. The van der Waals surface area contributed by atoms with Gasteiger partial charge in [-0.05, 0) is 75.7 Å². The third kappa shape index (κ3) is 5.17. The summed E-state index contributed by atoms with van der Waals surface area (Å²) >= 11 is 5.63. The van der Waals surface area contributed by atoms with Crippen molar-refractivity contribution in [2.24, 2.45) is 0 Å². The zero-order valence-corrected chi connectivity index (χ0v) is 18.8. The Kier molecular flexibility index (Phi) is 6.57. The lowest BCUT2D eigenvalue weighted by Gasteiger charge is -2.26. The molecule has 1 aromatic heterocycles. The molecule has 168 valence electrons. The molecule has 0 atom stereocenters. The molecule has 0 bridgehead atoms. The first-order valence-electron chi connectivity index (χ1n) is 10.3. The van der Waals surface area contributed by atoms with Crippen LogP contribution < -0.4 is 20.3 Å². The molecule has 2 heterocycles. The zero-order chi connectivity index (χ0) is 22.7. The lowest BCUT2D eigenvalue weighted by atomic mass is 10.1. The van der Waals surface area contributed by atoms with Crippen LogP contribution in [0.15, 0.2) is 47.3 Å². The van der Waals surface area contributed by atoms with E-state index in [4.69, 9.17) is 21.7 Å². The summed E-state index contributed by atoms with van der Waals surface area (Å²) in [6, 6.07) is 11.5. The molecular formula is C23H25FN4O3S. The van der Waals surface area contributed by atoms with E-state index in [-0.39, 0.29) is 18.2 Å². The van der Waals surface area contributed by atoms with E-state index in [1.54, 1.807) is 18.2 Å². The minimum atomic E-state index is -0.312. The van der Waals surface area contributed by atoms with Gasteiger partial charge in [0.2, 0.25) is 6.79 Å². The van der Waals surface area contributed by atoms with Gasteiger partial charge in [-0.15, -0.1) is 0 Å². The van der Waals surface area contributed by atoms with Gasteiger partial charge >= 0.3 is 0 Å². The smallest absolute Gasteiger partial charge is 0.253 e. The fourth-order valence-corrected chi connectivity index (χ4v) is 3.80. The van der Waals surface area contributed by atoms with Crippen LogP contribution in [-0.2, 0) is 6.54 Å². The van der Waals surface area contributed by atoms with Gasteiger partial charge in [0, 0.05) is 29.2 Å². The Labute approximate surface area is 190 Å². The van der Waals surface area contributed by atoms with E-state index >= 15 is 0 Å². The number of anilines is 1. The number of nitrogens with one attached hydrogen (secondary N) is 2. The Morgan fingerprint density at radius 2 is 1.84 bits per heavy atom. The van der Waals surface area contributed by atoms with E-state index in [2.05, 4.69) is 15.2 Å². The summed E-state index contributed by atoms with van der Waals surface area (Å²) in [5, 5.41) is 4.48. The molecule has 7 nitrogen and oxygen atoms in total. The second-order valence-electron chi connectivity index (χ2n) is 7.93.